The first-order valence-corrected chi connectivity index (χ1v) is 5.23. The molecule has 0 radical (unpaired) electrons. The third-order valence-corrected chi connectivity index (χ3v) is 2.23. The van der Waals surface area contributed by atoms with Gasteiger partial charge in [-0.2, -0.15) is 5.10 Å². The van der Waals surface area contributed by atoms with Crippen LogP contribution in [-0.2, 0) is 0 Å². The fourth-order valence-electron chi connectivity index (χ4n) is 1.31. The van der Waals surface area contributed by atoms with Gasteiger partial charge in [-0.1, -0.05) is 6.07 Å². The number of pyridine rings is 1. The van der Waals surface area contributed by atoms with Crippen LogP contribution in [0.15, 0.2) is 53.8 Å². The molecule has 17 heavy (non-hydrogen) atoms. The molecule has 2 rings (SSSR count). The van der Waals surface area contributed by atoms with Crippen molar-refractivity contribution in [3.8, 4) is 0 Å². The minimum absolute atomic E-state index is 0.263. The first kappa shape index (κ1) is 11.3. The highest BCUT2D eigenvalue weighted by Crippen LogP contribution is 2.08. The fourth-order valence-corrected chi connectivity index (χ4v) is 1.31. The smallest absolute Gasteiger partial charge is 0.123 e. The predicted octanol–water partition coefficient (Wildman–Crippen LogP) is 3.06. The summed E-state index contributed by atoms with van der Waals surface area (Å²) in [5, 5.41) is 4.18. The highest BCUT2D eigenvalue weighted by molar-refractivity contribution is 5.97. The lowest BCUT2D eigenvalue weighted by molar-refractivity contribution is 0.628. The summed E-state index contributed by atoms with van der Waals surface area (Å²) in [6.45, 7) is 1.86. The average molecular weight is 229 g/mol. The van der Waals surface area contributed by atoms with Crippen LogP contribution >= 0.6 is 0 Å². The van der Waals surface area contributed by atoms with Gasteiger partial charge in [-0.3, -0.25) is 10.4 Å². The van der Waals surface area contributed by atoms with E-state index < -0.39 is 0 Å². The molecule has 0 saturated heterocycles. The Morgan fingerprint density at radius 1 is 1.18 bits per heavy atom. The van der Waals surface area contributed by atoms with Gasteiger partial charge in [0, 0.05) is 6.20 Å². The van der Waals surface area contributed by atoms with E-state index in [1.165, 1.54) is 12.1 Å². The quantitative estimate of drug-likeness (QED) is 0.648. The van der Waals surface area contributed by atoms with Gasteiger partial charge in [0.05, 0.1) is 17.1 Å². The summed E-state index contributed by atoms with van der Waals surface area (Å²) in [5.74, 6) is -0.263. The maximum absolute atomic E-state index is 12.7. The van der Waals surface area contributed by atoms with Crippen LogP contribution in [0.2, 0.25) is 0 Å². The molecule has 0 spiro atoms. The Bertz CT molecular complexity index is 506. The molecule has 0 amide bonds. The van der Waals surface area contributed by atoms with E-state index in [1.807, 2.05) is 25.1 Å². The summed E-state index contributed by atoms with van der Waals surface area (Å²) >= 11 is 0. The minimum Gasteiger partial charge on any atom is -0.278 e. The van der Waals surface area contributed by atoms with E-state index in [0.717, 1.165) is 17.1 Å². The van der Waals surface area contributed by atoms with E-state index in [2.05, 4.69) is 15.5 Å². The number of hydrazone groups is 1. The van der Waals surface area contributed by atoms with E-state index in [9.17, 15) is 4.39 Å². The zero-order valence-electron chi connectivity index (χ0n) is 9.39. The van der Waals surface area contributed by atoms with Gasteiger partial charge in [0.25, 0.3) is 0 Å². The molecule has 0 aliphatic heterocycles. The molecule has 86 valence electrons. The second-order valence-corrected chi connectivity index (χ2v) is 3.53. The average Bonchev–Trinajstić information content (AvgIpc) is 2.39. The number of aromatic nitrogens is 1. The van der Waals surface area contributed by atoms with Crippen LogP contribution in [0.25, 0.3) is 0 Å². The van der Waals surface area contributed by atoms with Crippen LogP contribution in [0.5, 0.6) is 0 Å². The molecule has 0 atom stereocenters. The van der Waals surface area contributed by atoms with Gasteiger partial charge in [0.2, 0.25) is 0 Å². The first-order chi connectivity index (χ1) is 8.25. The number of hydrogen-bond donors (Lipinski definition) is 1. The van der Waals surface area contributed by atoms with Crippen molar-refractivity contribution in [1.82, 2.24) is 4.98 Å². The van der Waals surface area contributed by atoms with Gasteiger partial charge in [-0.05, 0) is 43.3 Å². The Balaban J connectivity index is 2.08. The second kappa shape index (κ2) is 5.21. The second-order valence-electron chi connectivity index (χ2n) is 3.53. The normalized spacial score (nSPS) is 11.3. The molecule has 0 aliphatic carbocycles. The van der Waals surface area contributed by atoms with Crippen LogP contribution in [0.1, 0.15) is 12.6 Å². The van der Waals surface area contributed by atoms with Crippen LogP contribution in [-0.4, -0.2) is 10.7 Å². The summed E-state index contributed by atoms with van der Waals surface area (Å²) in [6, 6.07) is 11.7. The molecule has 3 nitrogen and oxygen atoms in total. The van der Waals surface area contributed by atoms with E-state index in [0.29, 0.717) is 0 Å². The van der Waals surface area contributed by atoms with Crippen molar-refractivity contribution >= 4 is 11.4 Å². The molecular formula is C13H12FN3. The first-order valence-electron chi connectivity index (χ1n) is 5.23. The third kappa shape index (κ3) is 3.11. The number of hydrogen-bond acceptors (Lipinski definition) is 3. The van der Waals surface area contributed by atoms with Crippen molar-refractivity contribution in [2.24, 2.45) is 5.10 Å². The third-order valence-electron chi connectivity index (χ3n) is 2.23. The predicted molar refractivity (Wildman–Crippen MR) is 66.5 cm³/mol. The summed E-state index contributed by atoms with van der Waals surface area (Å²) < 4.78 is 12.7. The van der Waals surface area contributed by atoms with Crippen LogP contribution in [0, 0.1) is 5.82 Å². The Morgan fingerprint density at radius 3 is 2.59 bits per heavy atom. The van der Waals surface area contributed by atoms with Crippen LogP contribution < -0.4 is 5.43 Å². The molecule has 1 aromatic heterocycles. The van der Waals surface area contributed by atoms with Crippen molar-refractivity contribution in [2.45, 2.75) is 6.92 Å². The molecule has 1 heterocycles. The molecule has 0 fully saturated rings. The summed E-state index contributed by atoms with van der Waals surface area (Å²) in [6.07, 6.45) is 1.71. The van der Waals surface area contributed by atoms with Crippen LogP contribution in [0.4, 0.5) is 10.1 Å². The molecule has 0 aliphatic rings. The Hall–Kier alpha value is -2.23. The summed E-state index contributed by atoms with van der Waals surface area (Å²) in [5.41, 5.74) is 5.17. The van der Waals surface area contributed by atoms with Gasteiger partial charge in [0.1, 0.15) is 5.82 Å². The summed E-state index contributed by atoms with van der Waals surface area (Å²) in [7, 11) is 0. The van der Waals surface area contributed by atoms with Gasteiger partial charge >= 0.3 is 0 Å². The molecular weight excluding hydrogens is 217 g/mol. The molecule has 0 saturated carbocycles. The molecule has 0 unspecified atom stereocenters. The SMILES string of the molecule is C/C(=N\Nc1ccc(F)cc1)c1ccccn1. The number of halogens is 1. The van der Waals surface area contributed by atoms with E-state index in [4.69, 9.17) is 0 Å². The van der Waals surface area contributed by atoms with Crippen molar-refractivity contribution in [2.75, 3.05) is 5.43 Å². The number of anilines is 1. The fraction of sp³-hybridized carbons (Fsp3) is 0.0769. The van der Waals surface area contributed by atoms with E-state index >= 15 is 0 Å². The monoisotopic (exact) mass is 229 g/mol. The van der Waals surface area contributed by atoms with Crippen molar-refractivity contribution < 1.29 is 4.39 Å². The number of nitrogens with one attached hydrogen (secondary N) is 1. The Morgan fingerprint density at radius 2 is 1.94 bits per heavy atom. The minimum atomic E-state index is -0.263. The lowest BCUT2D eigenvalue weighted by Gasteiger charge is -2.02. The Labute approximate surface area is 99.0 Å². The number of benzene rings is 1. The van der Waals surface area contributed by atoms with Crippen molar-refractivity contribution in [1.29, 1.82) is 0 Å². The topological polar surface area (TPSA) is 37.3 Å². The number of nitrogens with zero attached hydrogens (tertiary/aromatic N) is 2. The maximum Gasteiger partial charge on any atom is 0.123 e. The lowest BCUT2D eigenvalue weighted by Crippen LogP contribution is -2.01. The van der Waals surface area contributed by atoms with Gasteiger partial charge in [0.15, 0.2) is 0 Å². The Kier molecular flexibility index (Phi) is 3.45. The molecule has 0 bridgehead atoms. The molecule has 1 aromatic carbocycles. The lowest BCUT2D eigenvalue weighted by atomic mass is 10.3. The maximum atomic E-state index is 12.7. The standard InChI is InChI=1S/C13H12FN3/c1-10(13-4-2-3-9-15-13)16-17-12-7-5-11(14)6-8-12/h2-9,17H,1H3/b16-10+. The van der Waals surface area contributed by atoms with E-state index in [-0.39, 0.29) is 5.82 Å². The highest BCUT2D eigenvalue weighted by Gasteiger charge is 1.97. The summed E-state index contributed by atoms with van der Waals surface area (Å²) in [4.78, 5) is 4.17. The van der Waals surface area contributed by atoms with Crippen molar-refractivity contribution in [3.63, 3.8) is 0 Å². The zero-order valence-corrected chi connectivity index (χ0v) is 9.39. The van der Waals surface area contributed by atoms with Gasteiger partial charge in [-0.25, -0.2) is 4.39 Å². The van der Waals surface area contributed by atoms with Crippen molar-refractivity contribution in [3.05, 3.63) is 60.2 Å². The highest BCUT2D eigenvalue weighted by atomic mass is 19.1. The molecule has 2 aromatic rings. The van der Waals surface area contributed by atoms with Gasteiger partial charge < -0.3 is 0 Å². The molecule has 4 heteroatoms. The van der Waals surface area contributed by atoms with Gasteiger partial charge in [-0.15, -0.1) is 0 Å². The van der Waals surface area contributed by atoms with E-state index in [1.54, 1.807) is 18.3 Å². The number of rotatable bonds is 3. The largest absolute Gasteiger partial charge is 0.278 e. The van der Waals surface area contributed by atoms with Crippen LogP contribution in [0.3, 0.4) is 0 Å². The molecule has 1 N–H and O–H groups in total. The zero-order chi connectivity index (χ0) is 12.1.